The van der Waals surface area contributed by atoms with Crippen LogP contribution in [0.3, 0.4) is 0 Å². The number of benzene rings is 1. The normalized spacial score (nSPS) is 15.4. The summed E-state index contributed by atoms with van der Waals surface area (Å²) in [5.74, 6) is -1.20. The van der Waals surface area contributed by atoms with Gasteiger partial charge in [-0.25, -0.2) is 9.59 Å². The first-order valence-electron chi connectivity index (χ1n) is 7.88. The summed E-state index contributed by atoms with van der Waals surface area (Å²) in [6, 6.07) is 8.94. The molecule has 1 unspecified atom stereocenters. The van der Waals surface area contributed by atoms with E-state index in [1.807, 2.05) is 30.3 Å². The fraction of sp³-hybridized carbons (Fsp3) is 0.222. The summed E-state index contributed by atoms with van der Waals surface area (Å²) < 4.78 is 5.09. The number of esters is 1. The molecule has 1 fully saturated rings. The molecular weight excluding hydrogens is 322 g/mol. The summed E-state index contributed by atoms with van der Waals surface area (Å²) in [6.07, 6.45) is 3.49. The van der Waals surface area contributed by atoms with Crippen LogP contribution in [0.25, 0.3) is 17.0 Å². The quantitative estimate of drug-likeness (QED) is 0.677. The fourth-order valence-corrected chi connectivity index (χ4v) is 2.59. The lowest BCUT2D eigenvalue weighted by Gasteiger charge is -2.17. The van der Waals surface area contributed by atoms with Gasteiger partial charge in [-0.3, -0.25) is 14.7 Å². The van der Waals surface area contributed by atoms with E-state index in [1.54, 1.807) is 12.3 Å². The average molecular weight is 339 g/mol. The van der Waals surface area contributed by atoms with Gasteiger partial charge in [-0.15, -0.1) is 0 Å². The molecule has 3 amide bonds. The molecule has 25 heavy (non-hydrogen) atoms. The van der Waals surface area contributed by atoms with Gasteiger partial charge in [0, 0.05) is 36.3 Å². The van der Waals surface area contributed by atoms with Crippen LogP contribution in [-0.2, 0) is 14.3 Å². The van der Waals surface area contributed by atoms with Gasteiger partial charge in [-0.2, -0.15) is 0 Å². The molecule has 128 valence electrons. The molecule has 1 atom stereocenters. The monoisotopic (exact) mass is 339 g/mol. The SMILES string of the molecule is CC(OC(=O)/C=C/c1cccc2cccnc12)C(=O)N1CCNC1=O. The van der Waals surface area contributed by atoms with Crippen molar-refractivity contribution in [1.82, 2.24) is 15.2 Å². The minimum Gasteiger partial charge on any atom is -0.449 e. The summed E-state index contributed by atoms with van der Waals surface area (Å²) in [5.41, 5.74) is 1.54. The smallest absolute Gasteiger partial charge is 0.331 e. The number of nitrogens with one attached hydrogen (secondary N) is 1. The second-order valence-electron chi connectivity index (χ2n) is 5.56. The second-order valence-corrected chi connectivity index (χ2v) is 5.56. The van der Waals surface area contributed by atoms with E-state index in [-0.39, 0.29) is 6.54 Å². The van der Waals surface area contributed by atoms with Crippen LogP contribution >= 0.6 is 0 Å². The number of carbonyl (C=O) groups excluding carboxylic acids is 3. The predicted molar refractivity (Wildman–Crippen MR) is 91.4 cm³/mol. The van der Waals surface area contributed by atoms with Crippen molar-refractivity contribution < 1.29 is 19.1 Å². The lowest BCUT2D eigenvalue weighted by Crippen LogP contribution is -2.41. The largest absolute Gasteiger partial charge is 0.449 e. The third-order valence-electron chi connectivity index (χ3n) is 3.83. The summed E-state index contributed by atoms with van der Waals surface area (Å²) >= 11 is 0. The standard InChI is InChI=1S/C18H17N3O4/c1-12(17(23)21-11-10-20-18(21)24)25-15(22)8-7-14-5-2-4-13-6-3-9-19-16(13)14/h2-9,12H,10-11H2,1H3,(H,20,24)/b8-7+. The Bertz CT molecular complexity index is 857. The van der Waals surface area contributed by atoms with Gasteiger partial charge in [-0.1, -0.05) is 24.3 Å². The number of ether oxygens (including phenoxy) is 1. The molecule has 2 aromatic rings. The number of hydrogen-bond acceptors (Lipinski definition) is 5. The minimum absolute atomic E-state index is 0.275. The summed E-state index contributed by atoms with van der Waals surface area (Å²) in [7, 11) is 0. The molecule has 0 aliphatic carbocycles. The Morgan fingerprint density at radius 2 is 2.12 bits per heavy atom. The maximum absolute atomic E-state index is 12.1. The Balaban J connectivity index is 1.66. The number of carbonyl (C=O) groups is 3. The Labute approximate surface area is 144 Å². The Hall–Kier alpha value is -3.22. The molecule has 1 N–H and O–H groups in total. The molecule has 1 aromatic heterocycles. The van der Waals surface area contributed by atoms with Crippen molar-refractivity contribution in [3.8, 4) is 0 Å². The van der Waals surface area contributed by atoms with Crippen LogP contribution in [-0.4, -0.2) is 47.0 Å². The molecule has 0 radical (unpaired) electrons. The number of fused-ring (bicyclic) bond motifs is 1. The molecular formula is C18H17N3O4. The minimum atomic E-state index is -1.04. The Morgan fingerprint density at radius 3 is 2.88 bits per heavy atom. The number of urea groups is 1. The number of para-hydroxylation sites is 1. The number of hydrogen-bond donors (Lipinski definition) is 1. The number of nitrogens with zero attached hydrogens (tertiary/aromatic N) is 2. The number of amides is 3. The zero-order valence-corrected chi connectivity index (χ0v) is 13.6. The highest BCUT2D eigenvalue weighted by Crippen LogP contribution is 2.17. The molecule has 1 aliphatic heterocycles. The Morgan fingerprint density at radius 1 is 1.32 bits per heavy atom. The fourth-order valence-electron chi connectivity index (χ4n) is 2.59. The van der Waals surface area contributed by atoms with E-state index in [0.29, 0.717) is 6.54 Å². The predicted octanol–water partition coefficient (Wildman–Crippen LogP) is 1.73. The van der Waals surface area contributed by atoms with Gasteiger partial charge in [-0.05, 0) is 19.1 Å². The van der Waals surface area contributed by atoms with Crippen molar-refractivity contribution in [2.75, 3.05) is 13.1 Å². The number of imide groups is 1. The third kappa shape index (κ3) is 3.65. The van der Waals surface area contributed by atoms with Gasteiger partial charge in [0.2, 0.25) is 0 Å². The zero-order chi connectivity index (χ0) is 17.8. The number of aromatic nitrogens is 1. The van der Waals surface area contributed by atoms with Crippen LogP contribution < -0.4 is 5.32 Å². The topological polar surface area (TPSA) is 88.6 Å². The van der Waals surface area contributed by atoms with E-state index >= 15 is 0 Å². The highest BCUT2D eigenvalue weighted by molar-refractivity contribution is 5.99. The van der Waals surface area contributed by atoms with Gasteiger partial charge in [0.15, 0.2) is 6.10 Å². The molecule has 3 rings (SSSR count). The maximum Gasteiger partial charge on any atom is 0.331 e. The van der Waals surface area contributed by atoms with E-state index in [1.165, 1.54) is 13.0 Å². The van der Waals surface area contributed by atoms with Gasteiger partial charge < -0.3 is 10.1 Å². The lowest BCUT2D eigenvalue weighted by atomic mass is 10.1. The van der Waals surface area contributed by atoms with Crippen molar-refractivity contribution in [3.63, 3.8) is 0 Å². The molecule has 1 aliphatic rings. The van der Waals surface area contributed by atoms with E-state index in [0.717, 1.165) is 21.4 Å². The third-order valence-corrected chi connectivity index (χ3v) is 3.83. The molecule has 1 aromatic carbocycles. The first kappa shape index (κ1) is 16.6. The first-order valence-corrected chi connectivity index (χ1v) is 7.88. The number of rotatable bonds is 4. The first-order chi connectivity index (χ1) is 12.1. The average Bonchev–Trinajstić information content (AvgIpc) is 3.05. The van der Waals surface area contributed by atoms with Crippen molar-refractivity contribution in [1.29, 1.82) is 0 Å². The molecule has 1 saturated heterocycles. The van der Waals surface area contributed by atoms with Crippen molar-refractivity contribution >= 4 is 34.9 Å². The molecule has 0 bridgehead atoms. The van der Waals surface area contributed by atoms with Gasteiger partial charge in [0.25, 0.3) is 5.91 Å². The van der Waals surface area contributed by atoms with Gasteiger partial charge >= 0.3 is 12.0 Å². The van der Waals surface area contributed by atoms with Gasteiger partial charge in [0.05, 0.1) is 5.52 Å². The van der Waals surface area contributed by atoms with Crippen LogP contribution in [0.1, 0.15) is 12.5 Å². The highest BCUT2D eigenvalue weighted by Gasteiger charge is 2.31. The molecule has 0 saturated carbocycles. The second kappa shape index (κ2) is 7.12. The van der Waals surface area contributed by atoms with Crippen LogP contribution in [0, 0.1) is 0 Å². The van der Waals surface area contributed by atoms with Crippen LogP contribution in [0.4, 0.5) is 4.79 Å². The Kier molecular flexibility index (Phi) is 4.74. The van der Waals surface area contributed by atoms with Crippen LogP contribution in [0.2, 0.25) is 0 Å². The van der Waals surface area contributed by atoms with E-state index in [4.69, 9.17) is 4.74 Å². The number of pyridine rings is 1. The van der Waals surface area contributed by atoms with Crippen molar-refractivity contribution in [2.24, 2.45) is 0 Å². The highest BCUT2D eigenvalue weighted by atomic mass is 16.5. The molecule has 0 spiro atoms. The van der Waals surface area contributed by atoms with E-state index < -0.39 is 24.0 Å². The van der Waals surface area contributed by atoms with Crippen LogP contribution in [0.5, 0.6) is 0 Å². The molecule has 7 heteroatoms. The summed E-state index contributed by atoms with van der Waals surface area (Å²) in [6.45, 7) is 2.12. The molecule has 2 heterocycles. The van der Waals surface area contributed by atoms with Gasteiger partial charge in [0.1, 0.15) is 0 Å². The van der Waals surface area contributed by atoms with Crippen molar-refractivity contribution in [3.05, 3.63) is 48.2 Å². The zero-order valence-electron chi connectivity index (χ0n) is 13.6. The summed E-state index contributed by atoms with van der Waals surface area (Å²) in [5, 5.41) is 3.49. The van der Waals surface area contributed by atoms with E-state index in [9.17, 15) is 14.4 Å². The summed E-state index contributed by atoms with van der Waals surface area (Å²) in [4.78, 5) is 40.9. The maximum atomic E-state index is 12.1. The molecule has 7 nitrogen and oxygen atoms in total. The van der Waals surface area contributed by atoms with Crippen molar-refractivity contribution in [2.45, 2.75) is 13.0 Å². The van der Waals surface area contributed by atoms with E-state index in [2.05, 4.69) is 10.3 Å². The van der Waals surface area contributed by atoms with Crippen LogP contribution in [0.15, 0.2) is 42.6 Å². The lowest BCUT2D eigenvalue weighted by molar-refractivity contribution is -0.153.